The standard InChI is InChI=1S/C10H11NO4/c12-10(13)9-3-7(1-2-11-9)4-15-8-5-14-6-8/h1-3,8H,4-6H2,(H,12,13). The molecule has 0 unspecified atom stereocenters. The number of ether oxygens (including phenoxy) is 2. The minimum Gasteiger partial charge on any atom is -0.477 e. The minimum atomic E-state index is -1.02. The number of carboxylic acids is 1. The van der Waals surface area contributed by atoms with E-state index in [1.807, 2.05) is 0 Å². The number of carbonyl (C=O) groups is 1. The van der Waals surface area contributed by atoms with Gasteiger partial charge >= 0.3 is 5.97 Å². The summed E-state index contributed by atoms with van der Waals surface area (Å²) in [5, 5.41) is 8.72. The SMILES string of the molecule is O=C(O)c1cc(COC2COC2)ccn1. The average molecular weight is 209 g/mol. The smallest absolute Gasteiger partial charge is 0.354 e. The molecule has 5 heteroatoms. The molecule has 0 saturated carbocycles. The number of aromatic nitrogens is 1. The van der Waals surface area contributed by atoms with Crippen molar-refractivity contribution >= 4 is 5.97 Å². The van der Waals surface area contributed by atoms with Crippen LogP contribution in [0.25, 0.3) is 0 Å². The maximum absolute atomic E-state index is 10.6. The predicted molar refractivity (Wildman–Crippen MR) is 50.6 cm³/mol. The number of carboxylic acid groups (broad SMARTS) is 1. The number of hydrogen-bond acceptors (Lipinski definition) is 4. The highest BCUT2D eigenvalue weighted by Crippen LogP contribution is 2.10. The summed E-state index contributed by atoms with van der Waals surface area (Å²) in [5.74, 6) is -1.02. The molecule has 1 saturated heterocycles. The Morgan fingerprint density at radius 2 is 2.47 bits per heavy atom. The van der Waals surface area contributed by atoms with Crippen LogP contribution in [0.3, 0.4) is 0 Å². The van der Waals surface area contributed by atoms with E-state index in [2.05, 4.69) is 4.98 Å². The van der Waals surface area contributed by atoms with E-state index >= 15 is 0 Å². The maximum Gasteiger partial charge on any atom is 0.354 e. The van der Waals surface area contributed by atoms with Gasteiger partial charge in [0.25, 0.3) is 0 Å². The lowest BCUT2D eigenvalue weighted by Crippen LogP contribution is -2.35. The molecule has 2 heterocycles. The van der Waals surface area contributed by atoms with E-state index < -0.39 is 5.97 Å². The molecule has 80 valence electrons. The van der Waals surface area contributed by atoms with Crippen molar-refractivity contribution in [3.63, 3.8) is 0 Å². The molecule has 15 heavy (non-hydrogen) atoms. The van der Waals surface area contributed by atoms with E-state index in [-0.39, 0.29) is 11.8 Å². The molecule has 5 nitrogen and oxygen atoms in total. The number of pyridine rings is 1. The van der Waals surface area contributed by atoms with Gasteiger partial charge in [0.05, 0.1) is 19.8 Å². The van der Waals surface area contributed by atoms with Crippen molar-refractivity contribution in [2.24, 2.45) is 0 Å². The largest absolute Gasteiger partial charge is 0.477 e. The normalized spacial score (nSPS) is 16.0. The summed E-state index contributed by atoms with van der Waals surface area (Å²) in [4.78, 5) is 14.4. The summed E-state index contributed by atoms with van der Waals surface area (Å²) in [7, 11) is 0. The highest BCUT2D eigenvalue weighted by atomic mass is 16.6. The van der Waals surface area contributed by atoms with E-state index in [9.17, 15) is 4.79 Å². The molecule has 1 aliphatic heterocycles. The first-order chi connectivity index (χ1) is 7.25. The molecule has 1 N–H and O–H groups in total. The second-order valence-electron chi connectivity index (χ2n) is 3.32. The van der Waals surface area contributed by atoms with Gasteiger partial charge in [-0.2, -0.15) is 0 Å². The molecular formula is C10H11NO4. The molecule has 0 bridgehead atoms. The molecule has 0 radical (unpaired) electrons. The van der Waals surface area contributed by atoms with Gasteiger partial charge in [-0.05, 0) is 17.7 Å². The van der Waals surface area contributed by atoms with Crippen molar-refractivity contribution in [2.75, 3.05) is 13.2 Å². The topological polar surface area (TPSA) is 68.7 Å². The first-order valence-corrected chi connectivity index (χ1v) is 4.63. The fourth-order valence-corrected chi connectivity index (χ4v) is 1.21. The molecule has 1 fully saturated rings. The van der Waals surface area contributed by atoms with Crippen LogP contribution in [0, 0.1) is 0 Å². The van der Waals surface area contributed by atoms with Crippen LogP contribution in [-0.4, -0.2) is 35.4 Å². The Balaban J connectivity index is 1.94. The van der Waals surface area contributed by atoms with Gasteiger partial charge in [0.2, 0.25) is 0 Å². The van der Waals surface area contributed by atoms with Crippen molar-refractivity contribution in [2.45, 2.75) is 12.7 Å². The van der Waals surface area contributed by atoms with Gasteiger partial charge in [0.1, 0.15) is 11.8 Å². The monoisotopic (exact) mass is 209 g/mol. The summed E-state index contributed by atoms with van der Waals surface area (Å²) in [6.07, 6.45) is 1.62. The van der Waals surface area contributed by atoms with Gasteiger partial charge in [-0.25, -0.2) is 9.78 Å². The third-order valence-electron chi connectivity index (χ3n) is 2.14. The Morgan fingerprint density at radius 3 is 3.07 bits per heavy atom. The Labute approximate surface area is 86.7 Å². The highest BCUT2D eigenvalue weighted by Gasteiger charge is 2.18. The Bertz CT molecular complexity index is 362. The van der Waals surface area contributed by atoms with Crippen LogP contribution in [0.2, 0.25) is 0 Å². The van der Waals surface area contributed by atoms with Crippen LogP contribution in [0.15, 0.2) is 18.3 Å². The fourth-order valence-electron chi connectivity index (χ4n) is 1.21. The third-order valence-corrected chi connectivity index (χ3v) is 2.14. The van der Waals surface area contributed by atoms with Crippen molar-refractivity contribution in [3.8, 4) is 0 Å². The van der Waals surface area contributed by atoms with E-state index in [0.29, 0.717) is 19.8 Å². The Morgan fingerprint density at radius 1 is 1.67 bits per heavy atom. The van der Waals surface area contributed by atoms with Crippen LogP contribution >= 0.6 is 0 Å². The Hall–Kier alpha value is -1.46. The fraction of sp³-hybridized carbons (Fsp3) is 0.400. The number of nitrogens with zero attached hydrogens (tertiary/aromatic N) is 1. The van der Waals surface area contributed by atoms with Gasteiger partial charge in [-0.15, -0.1) is 0 Å². The lowest BCUT2D eigenvalue weighted by atomic mass is 10.2. The second-order valence-corrected chi connectivity index (χ2v) is 3.32. The average Bonchev–Trinajstić information content (AvgIpc) is 2.16. The van der Waals surface area contributed by atoms with Gasteiger partial charge in [-0.1, -0.05) is 0 Å². The lowest BCUT2D eigenvalue weighted by molar-refractivity contribution is -0.135. The number of rotatable bonds is 4. The van der Waals surface area contributed by atoms with Crippen molar-refractivity contribution in [1.29, 1.82) is 0 Å². The predicted octanol–water partition coefficient (Wildman–Crippen LogP) is 0.695. The molecule has 2 rings (SSSR count). The molecule has 1 aromatic heterocycles. The molecule has 1 aliphatic rings. The van der Waals surface area contributed by atoms with Crippen LogP contribution in [-0.2, 0) is 16.1 Å². The van der Waals surface area contributed by atoms with Crippen LogP contribution in [0.4, 0.5) is 0 Å². The van der Waals surface area contributed by atoms with Crippen molar-refractivity contribution in [1.82, 2.24) is 4.98 Å². The molecule has 0 spiro atoms. The number of aromatic carboxylic acids is 1. The number of hydrogen-bond donors (Lipinski definition) is 1. The quantitative estimate of drug-likeness (QED) is 0.790. The molecular weight excluding hydrogens is 198 g/mol. The first kappa shape index (κ1) is 10.1. The van der Waals surface area contributed by atoms with Gasteiger partial charge < -0.3 is 14.6 Å². The Kier molecular flexibility index (Phi) is 2.94. The molecule has 0 atom stereocenters. The van der Waals surface area contributed by atoms with Gasteiger partial charge in [-0.3, -0.25) is 0 Å². The summed E-state index contributed by atoms with van der Waals surface area (Å²) in [6, 6.07) is 3.26. The first-order valence-electron chi connectivity index (χ1n) is 4.63. The van der Waals surface area contributed by atoms with E-state index in [0.717, 1.165) is 5.56 Å². The van der Waals surface area contributed by atoms with E-state index in [4.69, 9.17) is 14.6 Å². The minimum absolute atomic E-state index is 0.0426. The maximum atomic E-state index is 10.6. The zero-order valence-electron chi connectivity index (χ0n) is 8.05. The van der Waals surface area contributed by atoms with Gasteiger partial charge in [0.15, 0.2) is 0 Å². The van der Waals surface area contributed by atoms with Crippen LogP contribution in [0.1, 0.15) is 16.1 Å². The van der Waals surface area contributed by atoms with E-state index in [1.54, 1.807) is 6.07 Å². The zero-order valence-corrected chi connectivity index (χ0v) is 8.05. The lowest BCUT2D eigenvalue weighted by Gasteiger charge is -2.25. The summed E-state index contributed by atoms with van der Waals surface area (Å²) in [6.45, 7) is 1.64. The molecule has 1 aromatic rings. The third kappa shape index (κ3) is 2.51. The second kappa shape index (κ2) is 4.37. The summed E-state index contributed by atoms with van der Waals surface area (Å²) in [5.41, 5.74) is 0.857. The summed E-state index contributed by atoms with van der Waals surface area (Å²) < 4.78 is 10.4. The molecule has 0 aromatic carbocycles. The van der Waals surface area contributed by atoms with Crippen LogP contribution < -0.4 is 0 Å². The van der Waals surface area contributed by atoms with Crippen LogP contribution in [0.5, 0.6) is 0 Å². The zero-order chi connectivity index (χ0) is 10.7. The highest BCUT2D eigenvalue weighted by molar-refractivity contribution is 5.85. The van der Waals surface area contributed by atoms with Crippen molar-refractivity contribution < 1.29 is 19.4 Å². The molecule has 0 amide bonds. The van der Waals surface area contributed by atoms with Crippen molar-refractivity contribution in [3.05, 3.63) is 29.6 Å². The van der Waals surface area contributed by atoms with E-state index in [1.165, 1.54) is 12.3 Å². The van der Waals surface area contributed by atoms with Gasteiger partial charge in [0, 0.05) is 6.20 Å². The molecule has 0 aliphatic carbocycles. The summed E-state index contributed by atoms with van der Waals surface area (Å²) >= 11 is 0.